The van der Waals surface area contributed by atoms with Gasteiger partial charge < -0.3 is 14.9 Å². The van der Waals surface area contributed by atoms with Crippen molar-refractivity contribution in [2.45, 2.75) is 32.7 Å². The van der Waals surface area contributed by atoms with Crippen molar-refractivity contribution in [3.05, 3.63) is 35.9 Å². The minimum atomic E-state index is -1.49. The molecule has 2 N–H and O–H groups in total. The Kier molecular flexibility index (Phi) is 5.12. The summed E-state index contributed by atoms with van der Waals surface area (Å²) in [6.07, 6.45) is -2.59. The normalized spacial score (nSPS) is 14.4. The molecule has 4 heteroatoms. The SMILES string of the molecule is CC(C)[C@H](O)[C@@H](O)C(=O)OCc1ccccc1. The van der Waals surface area contributed by atoms with Gasteiger partial charge in [-0.15, -0.1) is 0 Å². The molecule has 1 rings (SSSR count). The fourth-order valence-electron chi connectivity index (χ4n) is 1.32. The Bertz CT molecular complexity index is 348. The molecule has 0 unspecified atom stereocenters. The van der Waals surface area contributed by atoms with Crippen molar-refractivity contribution >= 4 is 5.97 Å². The summed E-state index contributed by atoms with van der Waals surface area (Å²) in [6, 6.07) is 9.17. The first kappa shape index (κ1) is 13.7. The summed E-state index contributed by atoms with van der Waals surface area (Å²) >= 11 is 0. The molecule has 0 aromatic heterocycles. The number of benzene rings is 1. The molecule has 0 amide bonds. The molecule has 0 aliphatic heterocycles. The lowest BCUT2D eigenvalue weighted by molar-refractivity contribution is -0.162. The zero-order chi connectivity index (χ0) is 12.8. The van der Waals surface area contributed by atoms with Gasteiger partial charge in [-0.3, -0.25) is 0 Å². The van der Waals surface area contributed by atoms with Crippen molar-refractivity contribution < 1.29 is 19.7 Å². The Hall–Kier alpha value is -1.39. The lowest BCUT2D eigenvalue weighted by Gasteiger charge is -2.19. The predicted octanol–water partition coefficient (Wildman–Crippen LogP) is 1.11. The maximum atomic E-state index is 11.4. The first-order chi connectivity index (χ1) is 8.02. The van der Waals surface area contributed by atoms with Crippen LogP contribution in [0.15, 0.2) is 30.3 Å². The van der Waals surface area contributed by atoms with Crippen LogP contribution >= 0.6 is 0 Å². The molecule has 94 valence electrons. The van der Waals surface area contributed by atoms with Crippen LogP contribution in [-0.4, -0.2) is 28.4 Å². The Morgan fingerprint density at radius 3 is 2.35 bits per heavy atom. The van der Waals surface area contributed by atoms with Gasteiger partial charge in [-0.05, 0) is 11.5 Å². The summed E-state index contributed by atoms with van der Waals surface area (Å²) in [5.41, 5.74) is 0.840. The molecule has 4 nitrogen and oxygen atoms in total. The van der Waals surface area contributed by atoms with E-state index in [1.807, 2.05) is 30.3 Å². The van der Waals surface area contributed by atoms with Crippen LogP contribution in [0.4, 0.5) is 0 Å². The van der Waals surface area contributed by atoms with Gasteiger partial charge in [0.2, 0.25) is 0 Å². The van der Waals surface area contributed by atoms with E-state index in [-0.39, 0.29) is 12.5 Å². The minimum absolute atomic E-state index is 0.0988. The predicted molar refractivity (Wildman–Crippen MR) is 63.1 cm³/mol. The quantitative estimate of drug-likeness (QED) is 0.754. The van der Waals surface area contributed by atoms with E-state index in [9.17, 15) is 15.0 Å². The van der Waals surface area contributed by atoms with Gasteiger partial charge in [-0.2, -0.15) is 0 Å². The molecule has 2 atom stereocenters. The molecule has 0 spiro atoms. The van der Waals surface area contributed by atoms with Gasteiger partial charge in [-0.25, -0.2) is 4.79 Å². The maximum Gasteiger partial charge on any atom is 0.338 e. The van der Waals surface area contributed by atoms with Gasteiger partial charge in [0.05, 0.1) is 6.10 Å². The summed E-state index contributed by atoms with van der Waals surface area (Å²) < 4.78 is 4.91. The molecule has 0 heterocycles. The van der Waals surface area contributed by atoms with Crippen molar-refractivity contribution in [1.29, 1.82) is 0 Å². The van der Waals surface area contributed by atoms with Crippen LogP contribution in [0.2, 0.25) is 0 Å². The maximum absolute atomic E-state index is 11.4. The lowest BCUT2D eigenvalue weighted by atomic mass is 10.0. The number of esters is 1. The van der Waals surface area contributed by atoms with Crippen LogP contribution in [0, 0.1) is 5.92 Å². The summed E-state index contributed by atoms with van der Waals surface area (Å²) in [5, 5.41) is 19.0. The van der Waals surface area contributed by atoms with Crippen LogP contribution in [0.25, 0.3) is 0 Å². The van der Waals surface area contributed by atoms with Crippen LogP contribution in [0.3, 0.4) is 0 Å². The number of aliphatic hydroxyl groups excluding tert-OH is 2. The fourth-order valence-corrected chi connectivity index (χ4v) is 1.32. The van der Waals surface area contributed by atoms with Gasteiger partial charge >= 0.3 is 5.97 Å². The fraction of sp³-hybridized carbons (Fsp3) is 0.462. The number of carbonyl (C=O) groups excluding carboxylic acids is 1. The third-order valence-electron chi connectivity index (χ3n) is 2.47. The first-order valence-electron chi connectivity index (χ1n) is 5.59. The van der Waals surface area contributed by atoms with Crippen LogP contribution < -0.4 is 0 Å². The van der Waals surface area contributed by atoms with Crippen LogP contribution in [0.5, 0.6) is 0 Å². The summed E-state index contributed by atoms with van der Waals surface area (Å²) in [4.78, 5) is 11.4. The lowest BCUT2D eigenvalue weighted by Crippen LogP contribution is -2.38. The van der Waals surface area contributed by atoms with Gasteiger partial charge in [0, 0.05) is 0 Å². The molecule has 1 aromatic carbocycles. The number of ether oxygens (including phenoxy) is 1. The van der Waals surface area contributed by atoms with E-state index in [0.29, 0.717) is 0 Å². The Balaban J connectivity index is 2.45. The molecule has 0 saturated carbocycles. The summed E-state index contributed by atoms with van der Waals surface area (Å²) in [5.74, 6) is -0.996. The molecule has 0 aliphatic carbocycles. The van der Waals surface area contributed by atoms with Crippen molar-refractivity contribution in [3.8, 4) is 0 Å². The number of hydrogen-bond acceptors (Lipinski definition) is 4. The van der Waals surface area contributed by atoms with Gasteiger partial charge in [0.1, 0.15) is 6.61 Å². The highest BCUT2D eigenvalue weighted by Crippen LogP contribution is 2.09. The van der Waals surface area contributed by atoms with E-state index in [4.69, 9.17) is 4.74 Å². The molecule has 0 radical (unpaired) electrons. The van der Waals surface area contributed by atoms with Gasteiger partial charge in [-0.1, -0.05) is 44.2 Å². The zero-order valence-corrected chi connectivity index (χ0v) is 10.0. The average Bonchev–Trinajstić information content (AvgIpc) is 2.35. The van der Waals surface area contributed by atoms with Crippen molar-refractivity contribution in [2.24, 2.45) is 5.92 Å². The topological polar surface area (TPSA) is 66.8 Å². The van der Waals surface area contributed by atoms with Crippen LogP contribution in [-0.2, 0) is 16.1 Å². The van der Waals surface area contributed by atoms with Crippen LogP contribution in [0.1, 0.15) is 19.4 Å². The van der Waals surface area contributed by atoms with E-state index >= 15 is 0 Å². The van der Waals surface area contributed by atoms with Crippen molar-refractivity contribution in [2.75, 3.05) is 0 Å². The Labute approximate surface area is 101 Å². The molecule has 0 fully saturated rings. The summed E-state index contributed by atoms with van der Waals surface area (Å²) in [6.45, 7) is 3.54. The number of rotatable bonds is 5. The largest absolute Gasteiger partial charge is 0.459 e. The van der Waals surface area contributed by atoms with E-state index in [2.05, 4.69) is 0 Å². The highest BCUT2D eigenvalue weighted by molar-refractivity contribution is 5.75. The Morgan fingerprint density at radius 1 is 1.24 bits per heavy atom. The van der Waals surface area contributed by atoms with E-state index in [1.54, 1.807) is 13.8 Å². The molecule has 0 aliphatic rings. The highest BCUT2D eigenvalue weighted by Gasteiger charge is 2.27. The molecule has 0 saturated heterocycles. The molecule has 0 bridgehead atoms. The molecular weight excluding hydrogens is 220 g/mol. The monoisotopic (exact) mass is 238 g/mol. The van der Waals surface area contributed by atoms with Crippen molar-refractivity contribution in [3.63, 3.8) is 0 Å². The van der Waals surface area contributed by atoms with Gasteiger partial charge in [0.25, 0.3) is 0 Å². The average molecular weight is 238 g/mol. The van der Waals surface area contributed by atoms with Gasteiger partial charge in [0.15, 0.2) is 6.10 Å². The van der Waals surface area contributed by atoms with Crippen molar-refractivity contribution in [1.82, 2.24) is 0 Å². The van der Waals surface area contributed by atoms with E-state index in [0.717, 1.165) is 5.56 Å². The first-order valence-corrected chi connectivity index (χ1v) is 5.59. The third kappa shape index (κ3) is 4.17. The van der Waals surface area contributed by atoms with E-state index < -0.39 is 18.2 Å². The highest BCUT2D eigenvalue weighted by atomic mass is 16.5. The van der Waals surface area contributed by atoms with E-state index in [1.165, 1.54) is 0 Å². The number of hydrogen-bond donors (Lipinski definition) is 2. The molecular formula is C13H18O4. The second kappa shape index (κ2) is 6.37. The molecule has 17 heavy (non-hydrogen) atoms. The number of aliphatic hydroxyl groups is 2. The third-order valence-corrected chi connectivity index (χ3v) is 2.47. The Morgan fingerprint density at radius 2 is 1.82 bits per heavy atom. The number of carbonyl (C=O) groups is 1. The summed E-state index contributed by atoms with van der Waals surface area (Å²) in [7, 11) is 0. The minimum Gasteiger partial charge on any atom is -0.459 e. The second-order valence-electron chi connectivity index (χ2n) is 4.27. The molecule has 1 aromatic rings. The zero-order valence-electron chi connectivity index (χ0n) is 10.0. The standard InChI is InChI=1S/C13H18O4/c1-9(2)11(14)12(15)13(16)17-8-10-6-4-3-5-7-10/h3-7,9,11-12,14-15H,8H2,1-2H3/t11-,12+/m0/s1. The second-order valence-corrected chi connectivity index (χ2v) is 4.27. The smallest absolute Gasteiger partial charge is 0.338 e.